The Morgan fingerprint density at radius 3 is 2.44 bits per heavy atom. The summed E-state index contributed by atoms with van der Waals surface area (Å²) < 4.78 is 6.94. The quantitative estimate of drug-likeness (QED) is 0.841. The van der Waals surface area contributed by atoms with Crippen LogP contribution in [0.5, 0.6) is 0 Å². The highest BCUT2D eigenvalue weighted by molar-refractivity contribution is 5.95. The fourth-order valence-corrected chi connectivity index (χ4v) is 2.89. The first kappa shape index (κ1) is 18.6. The number of ether oxygens (including phenoxy) is 1. The molecule has 1 saturated heterocycles. The van der Waals surface area contributed by atoms with Crippen LogP contribution in [0.15, 0.2) is 6.20 Å². The standard InChI is InChI=1S/C16H24N6O3/c1-15(2,3)25-14(24)21-8-5-16(4-7-17,6-9-21)22-10-11(18)12(20-22)13(19)23/h10H,4-6,8-9,18H2,1-3H3,(H2,19,23). The van der Waals surface area contributed by atoms with Crippen molar-refractivity contribution in [2.45, 2.75) is 51.2 Å². The van der Waals surface area contributed by atoms with Crippen molar-refractivity contribution in [1.29, 1.82) is 5.26 Å². The van der Waals surface area contributed by atoms with E-state index in [1.54, 1.807) is 9.58 Å². The normalized spacial score (nSPS) is 17.0. The number of likely N-dealkylation sites (tertiary alicyclic amines) is 1. The minimum absolute atomic E-state index is 0.00751. The molecule has 0 aliphatic carbocycles. The highest BCUT2D eigenvalue weighted by atomic mass is 16.6. The lowest BCUT2D eigenvalue weighted by Gasteiger charge is -2.40. The van der Waals surface area contributed by atoms with Gasteiger partial charge in [0, 0.05) is 19.3 Å². The fourth-order valence-electron chi connectivity index (χ4n) is 2.89. The molecule has 0 radical (unpaired) electrons. The summed E-state index contributed by atoms with van der Waals surface area (Å²) >= 11 is 0. The Bertz CT molecular complexity index is 704. The topological polar surface area (TPSA) is 140 Å². The van der Waals surface area contributed by atoms with Crippen LogP contribution in [0.4, 0.5) is 10.5 Å². The molecule has 0 atom stereocenters. The Hall–Kier alpha value is -2.76. The molecule has 1 fully saturated rings. The number of nitrogen functional groups attached to an aromatic ring is 1. The second-order valence-electron chi connectivity index (χ2n) is 7.27. The summed E-state index contributed by atoms with van der Waals surface area (Å²) in [7, 11) is 0. The molecule has 9 heteroatoms. The number of carbonyl (C=O) groups is 2. The predicted octanol–water partition coefficient (Wildman–Crippen LogP) is 1.20. The van der Waals surface area contributed by atoms with Gasteiger partial charge in [0.2, 0.25) is 0 Å². The van der Waals surface area contributed by atoms with E-state index in [0.717, 1.165) is 0 Å². The number of nitrogens with zero attached hydrogens (tertiary/aromatic N) is 4. The third-order valence-corrected chi connectivity index (χ3v) is 4.22. The monoisotopic (exact) mass is 348 g/mol. The Morgan fingerprint density at radius 2 is 2.00 bits per heavy atom. The third kappa shape index (κ3) is 4.02. The van der Waals surface area contributed by atoms with E-state index in [1.165, 1.54) is 6.20 Å². The minimum atomic E-state index is -0.713. The van der Waals surface area contributed by atoms with E-state index in [1.807, 2.05) is 20.8 Å². The van der Waals surface area contributed by atoms with Gasteiger partial charge in [0.25, 0.3) is 5.91 Å². The average molecular weight is 348 g/mol. The third-order valence-electron chi connectivity index (χ3n) is 4.22. The molecule has 1 aromatic rings. The summed E-state index contributed by atoms with van der Waals surface area (Å²) in [6, 6.07) is 2.16. The number of rotatable bonds is 3. The van der Waals surface area contributed by atoms with Crippen LogP contribution in [0.1, 0.15) is 50.5 Å². The maximum Gasteiger partial charge on any atom is 0.410 e. The molecule has 25 heavy (non-hydrogen) atoms. The molecule has 0 unspecified atom stereocenters. The number of nitrogens with two attached hydrogens (primary N) is 2. The SMILES string of the molecule is CC(C)(C)OC(=O)N1CCC(CC#N)(n2cc(N)c(C(N)=O)n2)CC1. The van der Waals surface area contributed by atoms with E-state index < -0.39 is 17.0 Å². The van der Waals surface area contributed by atoms with Crippen LogP contribution in [0.25, 0.3) is 0 Å². The van der Waals surface area contributed by atoms with Crippen LogP contribution in [-0.2, 0) is 10.3 Å². The van der Waals surface area contributed by atoms with Gasteiger partial charge in [-0.15, -0.1) is 0 Å². The highest BCUT2D eigenvalue weighted by Crippen LogP contribution is 2.34. The number of hydrogen-bond donors (Lipinski definition) is 2. The summed E-state index contributed by atoms with van der Waals surface area (Å²) in [5.74, 6) is -0.713. The minimum Gasteiger partial charge on any atom is -0.444 e. The zero-order chi connectivity index (χ0) is 18.8. The maximum absolute atomic E-state index is 12.2. The van der Waals surface area contributed by atoms with Gasteiger partial charge >= 0.3 is 6.09 Å². The second-order valence-corrected chi connectivity index (χ2v) is 7.27. The van der Waals surface area contributed by atoms with E-state index >= 15 is 0 Å². The first-order valence-corrected chi connectivity index (χ1v) is 8.08. The van der Waals surface area contributed by atoms with Gasteiger partial charge in [0.1, 0.15) is 5.60 Å². The molecule has 0 spiro atoms. The molecule has 2 rings (SSSR count). The summed E-state index contributed by atoms with van der Waals surface area (Å²) in [4.78, 5) is 25.2. The zero-order valence-corrected chi connectivity index (χ0v) is 14.8. The van der Waals surface area contributed by atoms with Crippen molar-refractivity contribution in [3.8, 4) is 6.07 Å². The molecule has 4 N–H and O–H groups in total. The Labute approximate surface area is 146 Å². The second kappa shape index (κ2) is 6.63. The van der Waals surface area contributed by atoms with Crippen molar-refractivity contribution >= 4 is 17.7 Å². The summed E-state index contributed by atoms with van der Waals surface area (Å²) in [5, 5.41) is 13.4. The first-order valence-electron chi connectivity index (χ1n) is 8.08. The van der Waals surface area contributed by atoms with Crippen molar-refractivity contribution in [1.82, 2.24) is 14.7 Å². The molecule has 1 aliphatic heterocycles. The van der Waals surface area contributed by atoms with Crippen molar-refractivity contribution < 1.29 is 14.3 Å². The van der Waals surface area contributed by atoms with Gasteiger partial charge in [0.05, 0.1) is 23.7 Å². The largest absolute Gasteiger partial charge is 0.444 e. The number of anilines is 1. The van der Waals surface area contributed by atoms with Crippen molar-refractivity contribution in [2.75, 3.05) is 18.8 Å². The average Bonchev–Trinajstić information content (AvgIpc) is 2.89. The Morgan fingerprint density at radius 1 is 1.40 bits per heavy atom. The van der Waals surface area contributed by atoms with E-state index in [4.69, 9.17) is 16.2 Å². The van der Waals surface area contributed by atoms with E-state index in [2.05, 4.69) is 11.2 Å². The lowest BCUT2D eigenvalue weighted by molar-refractivity contribution is 0.0105. The molecule has 9 nitrogen and oxygen atoms in total. The van der Waals surface area contributed by atoms with Gasteiger partial charge in [-0.2, -0.15) is 10.4 Å². The van der Waals surface area contributed by atoms with Gasteiger partial charge < -0.3 is 21.1 Å². The fraction of sp³-hybridized carbons (Fsp3) is 0.625. The van der Waals surface area contributed by atoms with Crippen LogP contribution in [0.2, 0.25) is 0 Å². The van der Waals surface area contributed by atoms with Gasteiger partial charge in [-0.1, -0.05) is 0 Å². The van der Waals surface area contributed by atoms with Gasteiger partial charge in [0.15, 0.2) is 5.69 Å². The molecule has 0 saturated carbocycles. The number of nitriles is 1. The number of piperidine rings is 1. The smallest absolute Gasteiger partial charge is 0.410 e. The summed E-state index contributed by atoms with van der Waals surface area (Å²) in [6.45, 7) is 6.27. The molecule has 1 aromatic heterocycles. The Kier molecular flexibility index (Phi) is 4.92. The van der Waals surface area contributed by atoms with Crippen LogP contribution in [-0.4, -0.2) is 45.4 Å². The van der Waals surface area contributed by atoms with Gasteiger partial charge in [-0.25, -0.2) is 4.79 Å². The zero-order valence-electron chi connectivity index (χ0n) is 14.8. The number of primary amides is 1. The number of hydrogen-bond acceptors (Lipinski definition) is 6. The van der Waals surface area contributed by atoms with Crippen molar-refractivity contribution in [2.24, 2.45) is 5.73 Å². The van der Waals surface area contributed by atoms with Gasteiger partial charge in [-0.3, -0.25) is 9.48 Å². The molecule has 136 valence electrons. The Balaban J connectivity index is 2.19. The molecule has 0 aromatic carbocycles. The number of amides is 2. The van der Waals surface area contributed by atoms with E-state index in [-0.39, 0.29) is 23.9 Å². The molecular weight excluding hydrogens is 324 g/mol. The molecule has 0 bridgehead atoms. The molecule has 1 aliphatic rings. The van der Waals surface area contributed by atoms with Crippen molar-refractivity contribution in [3.63, 3.8) is 0 Å². The first-order chi connectivity index (χ1) is 11.6. The van der Waals surface area contributed by atoms with Crippen LogP contribution in [0.3, 0.4) is 0 Å². The maximum atomic E-state index is 12.2. The summed E-state index contributed by atoms with van der Waals surface area (Å²) in [5.41, 5.74) is 10.0. The lowest BCUT2D eigenvalue weighted by Crippen LogP contribution is -2.49. The predicted molar refractivity (Wildman–Crippen MR) is 90.4 cm³/mol. The lowest BCUT2D eigenvalue weighted by atomic mass is 9.85. The van der Waals surface area contributed by atoms with Gasteiger partial charge in [-0.05, 0) is 33.6 Å². The van der Waals surface area contributed by atoms with E-state index in [0.29, 0.717) is 25.9 Å². The van der Waals surface area contributed by atoms with Crippen molar-refractivity contribution in [3.05, 3.63) is 11.9 Å². The van der Waals surface area contributed by atoms with E-state index in [9.17, 15) is 14.9 Å². The molecular formula is C16H24N6O3. The highest BCUT2D eigenvalue weighted by Gasteiger charge is 2.40. The molecule has 2 heterocycles. The van der Waals surface area contributed by atoms with Crippen LogP contribution in [0, 0.1) is 11.3 Å². The summed E-state index contributed by atoms with van der Waals surface area (Å²) in [6.07, 6.45) is 2.34. The molecule has 2 amide bonds. The van der Waals surface area contributed by atoms with Crippen LogP contribution >= 0.6 is 0 Å². The number of carbonyl (C=O) groups excluding carboxylic acids is 2. The van der Waals surface area contributed by atoms with Crippen LogP contribution < -0.4 is 11.5 Å². The number of aromatic nitrogens is 2.